The summed E-state index contributed by atoms with van der Waals surface area (Å²) < 4.78 is 5.87. The van der Waals surface area contributed by atoms with E-state index in [1.54, 1.807) is 0 Å². The number of nitrogens with one attached hydrogen (secondary N) is 1. The van der Waals surface area contributed by atoms with Crippen molar-refractivity contribution >= 4 is 11.3 Å². The average Bonchev–Trinajstić information content (AvgIpc) is 2.78. The predicted octanol–water partition coefficient (Wildman–Crippen LogP) is 4.69. The number of aryl methyl sites for hydroxylation is 2. The van der Waals surface area contributed by atoms with Crippen LogP contribution < -0.4 is 10.1 Å². The third kappa shape index (κ3) is 5.18. The topological polar surface area (TPSA) is 21.3 Å². The van der Waals surface area contributed by atoms with Gasteiger partial charge in [0.15, 0.2) is 0 Å². The molecule has 3 heteroatoms. The van der Waals surface area contributed by atoms with Crippen molar-refractivity contribution in [2.24, 2.45) is 5.92 Å². The van der Waals surface area contributed by atoms with Crippen molar-refractivity contribution in [1.29, 1.82) is 0 Å². The quantitative estimate of drug-likeness (QED) is 0.801. The fraction of sp³-hybridized carbons (Fsp3) is 0.444. The Morgan fingerprint density at radius 3 is 2.52 bits per heavy atom. The van der Waals surface area contributed by atoms with Crippen molar-refractivity contribution in [2.45, 2.75) is 40.8 Å². The smallest absolute Gasteiger partial charge is 0.119 e. The Balaban J connectivity index is 1.88. The lowest BCUT2D eigenvalue weighted by Crippen LogP contribution is -2.18. The summed E-state index contributed by atoms with van der Waals surface area (Å²) in [6, 6.07) is 10.5. The van der Waals surface area contributed by atoms with Crippen LogP contribution in [0.1, 0.15) is 34.7 Å². The summed E-state index contributed by atoms with van der Waals surface area (Å²) in [4.78, 5) is 2.74. The van der Waals surface area contributed by atoms with E-state index in [4.69, 9.17) is 4.74 Å². The van der Waals surface area contributed by atoms with Gasteiger partial charge in [-0.2, -0.15) is 0 Å². The van der Waals surface area contributed by atoms with Gasteiger partial charge < -0.3 is 10.1 Å². The standard InChI is InChI=1S/C18H25NOS/c1-13(2)10-19-11-18-9-16(15(4)21-18)12-20-17-7-5-14(3)6-8-17/h5-9,13,19H,10-12H2,1-4H3. The maximum atomic E-state index is 5.87. The summed E-state index contributed by atoms with van der Waals surface area (Å²) in [5, 5.41) is 3.49. The second kappa shape index (κ2) is 7.62. The molecule has 0 aliphatic carbocycles. The molecular formula is C18H25NOS. The fourth-order valence-electron chi connectivity index (χ4n) is 2.10. The molecule has 1 heterocycles. The van der Waals surface area contributed by atoms with Gasteiger partial charge in [0, 0.05) is 21.9 Å². The summed E-state index contributed by atoms with van der Waals surface area (Å²) in [6.45, 7) is 11.4. The molecule has 0 amide bonds. The van der Waals surface area contributed by atoms with Crippen LogP contribution in [0, 0.1) is 19.8 Å². The first-order valence-corrected chi connectivity index (χ1v) is 8.34. The van der Waals surface area contributed by atoms with Gasteiger partial charge in [0.2, 0.25) is 0 Å². The zero-order valence-corrected chi connectivity index (χ0v) is 14.2. The summed E-state index contributed by atoms with van der Waals surface area (Å²) in [6.07, 6.45) is 0. The summed E-state index contributed by atoms with van der Waals surface area (Å²) in [7, 11) is 0. The van der Waals surface area contributed by atoms with Crippen molar-refractivity contribution in [3.63, 3.8) is 0 Å². The van der Waals surface area contributed by atoms with Crippen LogP contribution in [0.2, 0.25) is 0 Å². The van der Waals surface area contributed by atoms with Crippen LogP contribution in [-0.2, 0) is 13.2 Å². The highest BCUT2D eigenvalue weighted by Crippen LogP contribution is 2.23. The number of rotatable bonds is 7. The molecule has 1 aromatic carbocycles. The summed E-state index contributed by atoms with van der Waals surface area (Å²) in [5.41, 5.74) is 2.55. The van der Waals surface area contributed by atoms with Crippen LogP contribution in [0.5, 0.6) is 5.75 Å². The van der Waals surface area contributed by atoms with E-state index in [9.17, 15) is 0 Å². The molecule has 0 aliphatic rings. The first-order valence-electron chi connectivity index (χ1n) is 7.53. The molecule has 0 bridgehead atoms. The number of benzene rings is 1. The van der Waals surface area contributed by atoms with E-state index >= 15 is 0 Å². The Morgan fingerprint density at radius 1 is 1.14 bits per heavy atom. The zero-order valence-electron chi connectivity index (χ0n) is 13.4. The Bertz CT molecular complexity index is 557. The van der Waals surface area contributed by atoms with Gasteiger partial charge in [-0.3, -0.25) is 0 Å². The minimum absolute atomic E-state index is 0.648. The maximum absolute atomic E-state index is 5.87. The molecule has 0 saturated heterocycles. The molecule has 0 spiro atoms. The molecule has 0 fully saturated rings. The molecule has 0 aliphatic heterocycles. The second-order valence-electron chi connectivity index (χ2n) is 5.92. The molecule has 114 valence electrons. The van der Waals surface area contributed by atoms with Gasteiger partial charge in [-0.05, 0) is 44.5 Å². The van der Waals surface area contributed by atoms with Gasteiger partial charge >= 0.3 is 0 Å². The Kier molecular flexibility index (Phi) is 5.83. The number of hydrogen-bond donors (Lipinski definition) is 1. The first kappa shape index (κ1) is 16.1. The highest BCUT2D eigenvalue weighted by Gasteiger charge is 2.06. The molecule has 0 radical (unpaired) electrons. The van der Waals surface area contributed by atoms with Crippen molar-refractivity contribution in [2.75, 3.05) is 6.54 Å². The Morgan fingerprint density at radius 2 is 1.86 bits per heavy atom. The predicted molar refractivity (Wildman–Crippen MR) is 91.1 cm³/mol. The van der Waals surface area contributed by atoms with E-state index < -0.39 is 0 Å². The van der Waals surface area contributed by atoms with Crippen molar-refractivity contribution in [1.82, 2.24) is 5.32 Å². The molecule has 0 atom stereocenters. The molecule has 0 saturated carbocycles. The molecule has 2 aromatic rings. The van der Waals surface area contributed by atoms with Gasteiger partial charge in [-0.25, -0.2) is 0 Å². The van der Waals surface area contributed by atoms with E-state index in [0.29, 0.717) is 12.5 Å². The third-order valence-electron chi connectivity index (χ3n) is 3.34. The van der Waals surface area contributed by atoms with Crippen molar-refractivity contribution in [3.8, 4) is 5.75 Å². The highest BCUT2D eigenvalue weighted by atomic mass is 32.1. The number of hydrogen-bond acceptors (Lipinski definition) is 3. The van der Waals surface area contributed by atoms with Crippen LogP contribution in [0.25, 0.3) is 0 Å². The van der Waals surface area contributed by atoms with Crippen LogP contribution >= 0.6 is 11.3 Å². The van der Waals surface area contributed by atoms with Crippen LogP contribution in [0.15, 0.2) is 30.3 Å². The minimum atomic E-state index is 0.648. The summed E-state index contributed by atoms with van der Waals surface area (Å²) in [5.74, 6) is 1.63. The molecule has 21 heavy (non-hydrogen) atoms. The lowest BCUT2D eigenvalue weighted by molar-refractivity contribution is 0.306. The highest BCUT2D eigenvalue weighted by molar-refractivity contribution is 7.12. The van der Waals surface area contributed by atoms with Crippen LogP contribution in [0.4, 0.5) is 0 Å². The van der Waals surface area contributed by atoms with E-state index in [1.807, 2.05) is 23.5 Å². The van der Waals surface area contributed by atoms with Crippen LogP contribution in [0.3, 0.4) is 0 Å². The van der Waals surface area contributed by atoms with Gasteiger partial charge in [0.05, 0.1) is 0 Å². The Hall–Kier alpha value is -1.32. The van der Waals surface area contributed by atoms with Gasteiger partial charge in [-0.15, -0.1) is 11.3 Å². The lowest BCUT2D eigenvalue weighted by Gasteiger charge is -2.06. The number of ether oxygens (including phenoxy) is 1. The normalized spacial score (nSPS) is 11.1. The van der Waals surface area contributed by atoms with E-state index in [1.165, 1.54) is 20.9 Å². The average molecular weight is 303 g/mol. The Labute approximate surface area is 132 Å². The van der Waals surface area contributed by atoms with Crippen LogP contribution in [-0.4, -0.2) is 6.54 Å². The second-order valence-corrected chi connectivity index (χ2v) is 7.26. The van der Waals surface area contributed by atoms with Gasteiger partial charge in [0.1, 0.15) is 12.4 Å². The minimum Gasteiger partial charge on any atom is -0.489 e. The van der Waals surface area contributed by atoms with E-state index in [2.05, 4.69) is 51.2 Å². The van der Waals surface area contributed by atoms with E-state index in [-0.39, 0.29) is 0 Å². The van der Waals surface area contributed by atoms with E-state index in [0.717, 1.165) is 18.8 Å². The van der Waals surface area contributed by atoms with Gasteiger partial charge in [-0.1, -0.05) is 31.5 Å². The molecule has 2 rings (SSSR count). The van der Waals surface area contributed by atoms with Gasteiger partial charge in [0.25, 0.3) is 0 Å². The third-order valence-corrected chi connectivity index (χ3v) is 4.43. The van der Waals surface area contributed by atoms with Crippen molar-refractivity contribution < 1.29 is 4.74 Å². The zero-order chi connectivity index (χ0) is 15.2. The molecule has 2 nitrogen and oxygen atoms in total. The fourth-order valence-corrected chi connectivity index (χ4v) is 3.12. The molecule has 1 N–H and O–H groups in total. The monoisotopic (exact) mass is 303 g/mol. The number of thiophene rings is 1. The maximum Gasteiger partial charge on any atom is 0.119 e. The SMILES string of the molecule is Cc1ccc(OCc2cc(CNCC(C)C)sc2C)cc1. The van der Waals surface area contributed by atoms with Crippen molar-refractivity contribution in [3.05, 3.63) is 51.2 Å². The lowest BCUT2D eigenvalue weighted by atomic mass is 10.2. The molecule has 1 aromatic heterocycles. The summed E-state index contributed by atoms with van der Waals surface area (Å²) >= 11 is 1.86. The first-order chi connectivity index (χ1) is 10.0. The molecule has 0 unspecified atom stereocenters. The largest absolute Gasteiger partial charge is 0.489 e. The molecular weight excluding hydrogens is 278 g/mol.